The molecule has 138 valence electrons. The molecule has 4 aromatic rings. The Hall–Kier alpha value is -3.14. The summed E-state index contributed by atoms with van der Waals surface area (Å²) >= 11 is 2.96. The van der Waals surface area contributed by atoms with E-state index in [-0.39, 0.29) is 5.56 Å². The third-order valence-electron chi connectivity index (χ3n) is 4.44. The van der Waals surface area contributed by atoms with E-state index in [1.54, 1.807) is 22.1 Å². The molecule has 0 fully saturated rings. The number of anilines is 1. The molecular weight excluding hydrogens is 386 g/mol. The summed E-state index contributed by atoms with van der Waals surface area (Å²) in [6.45, 7) is 2.43. The fourth-order valence-corrected chi connectivity index (χ4v) is 5.13. The quantitative estimate of drug-likeness (QED) is 0.565. The maximum Gasteiger partial charge on any atom is 0.270 e. The summed E-state index contributed by atoms with van der Waals surface area (Å²) in [6.07, 6.45) is 1.72. The lowest BCUT2D eigenvalue weighted by molar-refractivity contribution is 0.722. The van der Waals surface area contributed by atoms with E-state index in [1.807, 2.05) is 66.9 Å². The van der Waals surface area contributed by atoms with Gasteiger partial charge in [0.1, 0.15) is 15.3 Å². The molecule has 0 aliphatic carbocycles. The molecule has 0 saturated heterocycles. The van der Waals surface area contributed by atoms with Crippen molar-refractivity contribution in [2.75, 3.05) is 5.32 Å². The van der Waals surface area contributed by atoms with Crippen LogP contribution in [0.3, 0.4) is 0 Å². The molecule has 0 amide bonds. The lowest BCUT2D eigenvalue weighted by Gasteiger charge is -1.99. The van der Waals surface area contributed by atoms with Crippen LogP contribution in [-0.4, -0.2) is 4.57 Å². The van der Waals surface area contributed by atoms with Gasteiger partial charge in [0, 0.05) is 39.5 Å². The number of para-hydroxylation sites is 1. The molecule has 4 nitrogen and oxygen atoms in total. The minimum absolute atomic E-state index is 0.0850. The van der Waals surface area contributed by atoms with Gasteiger partial charge < -0.3 is 5.32 Å². The van der Waals surface area contributed by atoms with Gasteiger partial charge in [-0.15, -0.1) is 22.7 Å². The zero-order valence-electron chi connectivity index (χ0n) is 15.2. The number of thiophene rings is 1. The van der Waals surface area contributed by atoms with Crippen LogP contribution in [0.1, 0.15) is 12.5 Å². The first-order valence-electron chi connectivity index (χ1n) is 8.85. The molecule has 0 aliphatic rings. The highest BCUT2D eigenvalue weighted by Gasteiger charge is 2.13. The molecule has 0 unspecified atom stereocenters. The second-order valence-electron chi connectivity index (χ2n) is 6.11. The highest BCUT2D eigenvalue weighted by Crippen LogP contribution is 2.29. The molecule has 2 aromatic carbocycles. The van der Waals surface area contributed by atoms with E-state index in [2.05, 4.69) is 11.4 Å². The number of rotatable bonds is 4. The van der Waals surface area contributed by atoms with E-state index in [4.69, 9.17) is 0 Å². The summed E-state index contributed by atoms with van der Waals surface area (Å²) in [5, 5.41) is 16.1. The number of fused-ring (bicyclic) bond motifs is 1. The zero-order valence-corrected chi connectivity index (χ0v) is 16.8. The zero-order chi connectivity index (χ0) is 19.5. The molecule has 28 heavy (non-hydrogen) atoms. The van der Waals surface area contributed by atoms with Gasteiger partial charge in [-0.2, -0.15) is 5.26 Å². The van der Waals surface area contributed by atoms with E-state index >= 15 is 0 Å². The molecule has 2 aromatic heterocycles. The lowest BCUT2D eigenvalue weighted by Crippen LogP contribution is -2.31. The number of hydrogen-bond acceptors (Lipinski definition) is 5. The van der Waals surface area contributed by atoms with E-state index in [0.717, 1.165) is 21.3 Å². The fraction of sp³-hybridized carbons (Fsp3) is 0.0909. The van der Waals surface area contributed by atoms with E-state index in [0.29, 0.717) is 21.3 Å². The van der Waals surface area contributed by atoms with Crippen molar-refractivity contribution in [2.45, 2.75) is 13.5 Å². The highest BCUT2D eigenvalue weighted by atomic mass is 32.1. The molecule has 6 heteroatoms. The number of nitrogens with zero attached hydrogens (tertiary/aromatic N) is 2. The van der Waals surface area contributed by atoms with Gasteiger partial charge >= 0.3 is 0 Å². The van der Waals surface area contributed by atoms with E-state index in [9.17, 15) is 10.1 Å². The Bertz CT molecular complexity index is 1350. The molecule has 0 bridgehead atoms. The summed E-state index contributed by atoms with van der Waals surface area (Å²) in [7, 11) is 0. The van der Waals surface area contributed by atoms with Crippen molar-refractivity contribution in [3.63, 3.8) is 0 Å². The highest BCUT2D eigenvalue weighted by molar-refractivity contribution is 7.17. The molecule has 0 saturated carbocycles. The van der Waals surface area contributed by atoms with Crippen LogP contribution in [-0.2, 0) is 6.54 Å². The van der Waals surface area contributed by atoms with Gasteiger partial charge in [0.15, 0.2) is 0 Å². The molecule has 0 radical (unpaired) electrons. The second-order valence-corrected chi connectivity index (χ2v) is 8.05. The molecule has 1 N–H and O–H groups in total. The minimum atomic E-state index is -0.0850. The Morgan fingerprint density at radius 1 is 1.18 bits per heavy atom. The molecule has 4 rings (SSSR count). The SMILES string of the molecule is CCn1c(=O)/c(=C\Nc2ccccc2)s/c1=C(/C#N)c1csc2ccccc12. The molecule has 0 aliphatic heterocycles. The number of thiazole rings is 1. The average Bonchev–Trinajstić information content (AvgIpc) is 3.29. The molecule has 0 atom stereocenters. The largest absolute Gasteiger partial charge is 0.360 e. The van der Waals surface area contributed by atoms with Crippen molar-refractivity contribution < 1.29 is 0 Å². The average molecular weight is 404 g/mol. The van der Waals surface area contributed by atoms with Crippen molar-refractivity contribution in [3.8, 4) is 6.07 Å². The normalized spacial score (nSPS) is 12.8. The van der Waals surface area contributed by atoms with Crippen LogP contribution in [0.5, 0.6) is 0 Å². The Balaban J connectivity index is 1.93. The number of hydrogen-bond donors (Lipinski definition) is 1. The number of nitrogens with one attached hydrogen (secondary N) is 1. The van der Waals surface area contributed by atoms with Gasteiger partial charge in [-0.25, -0.2) is 0 Å². The van der Waals surface area contributed by atoms with Crippen LogP contribution >= 0.6 is 22.7 Å². The van der Waals surface area contributed by atoms with Crippen molar-refractivity contribution in [1.29, 1.82) is 5.26 Å². The predicted octanol–water partition coefficient (Wildman–Crippen LogP) is 3.72. The van der Waals surface area contributed by atoms with Crippen LogP contribution in [0.2, 0.25) is 0 Å². The molecule has 0 spiro atoms. The van der Waals surface area contributed by atoms with Gasteiger partial charge in [0.05, 0.1) is 5.57 Å². The van der Waals surface area contributed by atoms with Gasteiger partial charge in [0.2, 0.25) is 0 Å². The first kappa shape index (κ1) is 18.2. The number of benzene rings is 2. The summed E-state index contributed by atoms with van der Waals surface area (Å²) in [5.74, 6) is 0. The summed E-state index contributed by atoms with van der Waals surface area (Å²) in [4.78, 5) is 12.9. The maximum atomic E-state index is 12.9. The first-order valence-corrected chi connectivity index (χ1v) is 10.5. The van der Waals surface area contributed by atoms with E-state index in [1.165, 1.54) is 11.3 Å². The van der Waals surface area contributed by atoms with Gasteiger partial charge in [-0.05, 0) is 25.1 Å². The Labute approximate surface area is 169 Å². The topological polar surface area (TPSA) is 57.8 Å². The lowest BCUT2D eigenvalue weighted by atomic mass is 10.1. The van der Waals surface area contributed by atoms with Gasteiger partial charge in [-0.3, -0.25) is 9.36 Å². The monoisotopic (exact) mass is 403 g/mol. The molecule has 2 heterocycles. The van der Waals surface area contributed by atoms with Crippen LogP contribution in [0, 0.1) is 11.3 Å². The van der Waals surface area contributed by atoms with Crippen LogP contribution in [0.4, 0.5) is 5.69 Å². The third-order valence-corrected chi connectivity index (χ3v) is 6.54. The number of aromatic nitrogens is 1. The standard InChI is InChI=1S/C22H17N3OS2/c1-2-25-21(26)20(13-24-15-8-4-3-5-9-15)28-22(25)17(12-23)18-14-27-19-11-7-6-10-16(18)19/h3-11,13-14,24H,2H2,1H3/b20-13+,22-17-. The van der Waals surface area contributed by atoms with E-state index < -0.39 is 0 Å². The second kappa shape index (κ2) is 7.85. The fourth-order valence-electron chi connectivity index (χ4n) is 3.07. The van der Waals surface area contributed by atoms with Gasteiger partial charge in [-0.1, -0.05) is 36.4 Å². The van der Waals surface area contributed by atoms with Crippen LogP contribution in [0.15, 0.2) is 64.8 Å². The third kappa shape index (κ3) is 3.26. The Kier molecular flexibility index (Phi) is 5.11. The first-order chi connectivity index (χ1) is 13.7. The maximum absolute atomic E-state index is 12.9. The smallest absolute Gasteiger partial charge is 0.270 e. The van der Waals surface area contributed by atoms with Crippen molar-refractivity contribution >= 4 is 50.2 Å². The Morgan fingerprint density at radius 3 is 2.68 bits per heavy atom. The molecular formula is C22H17N3OS2. The minimum Gasteiger partial charge on any atom is -0.360 e. The summed E-state index contributed by atoms with van der Waals surface area (Å²) < 4.78 is 4.08. The van der Waals surface area contributed by atoms with Crippen LogP contribution in [0.25, 0.3) is 21.9 Å². The number of nitriles is 1. The van der Waals surface area contributed by atoms with Crippen molar-refractivity contribution in [1.82, 2.24) is 4.57 Å². The summed E-state index contributed by atoms with van der Waals surface area (Å²) in [6, 6.07) is 20.1. The van der Waals surface area contributed by atoms with Crippen LogP contribution < -0.4 is 20.1 Å². The Morgan fingerprint density at radius 2 is 1.93 bits per heavy atom. The predicted molar refractivity (Wildman–Crippen MR) is 118 cm³/mol. The summed E-state index contributed by atoms with van der Waals surface area (Å²) in [5.41, 5.74) is 2.25. The van der Waals surface area contributed by atoms with Gasteiger partial charge in [0.25, 0.3) is 5.56 Å². The van der Waals surface area contributed by atoms with Crippen molar-refractivity contribution in [2.24, 2.45) is 0 Å². The van der Waals surface area contributed by atoms with Crippen molar-refractivity contribution in [3.05, 3.63) is 85.1 Å².